The van der Waals surface area contributed by atoms with E-state index in [-0.39, 0.29) is 0 Å². The van der Waals surface area contributed by atoms with Crippen LogP contribution in [0.1, 0.15) is 57.2 Å². The second kappa shape index (κ2) is 9.80. The van der Waals surface area contributed by atoms with Gasteiger partial charge in [-0.25, -0.2) is 0 Å². The molecule has 0 bridgehead atoms. The van der Waals surface area contributed by atoms with Crippen LogP contribution in [0, 0.1) is 0 Å². The summed E-state index contributed by atoms with van der Waals surface area (Å²) in [5, 5.41) is 3.30. The molecule has 0 fully saturated rings. The molecule has 0 saturated carbocycles. The van der Waals surface area contributed by atoms with E-state index in [1.807, 2.05) is 14.0 Å². The summed E-state index contributed by atoms with van der Waals surface area (Å²) in [5.74, 6) is 1.02. The number of hydrogen-bond donors (Lipinski definition) is 1. The predicted molar refractivity (Wildman–Crippen MR) is 90.9 cm³/mol. The van der Waals surface area contributed by atoms with E-state index in [1.54, 1.807) is 0 Å². The van der Waals surface area contributed by atoms with Crippen molar-refractivity contribution in [3.05, 3.63) is 29.3 Å². The Bertz CT molecular complexity index is 406. The molecule has 0 spiro atoms. The van der Waals surface area contributed by atoms with Crippen LogP contribution in [0.15, 0.2) is 18.2 Å². The van der Waals surface area contributed by atoms with Gasteiger partial charge in [0.25, 0.3) is 0 Å². The van der Waals surface area contributed by atoms with E-state index >= 15 is 0 Å². The molecule has 0 heterocycles. The van der Waals surface area contributed by atoms with E-state index in [2.05, 4.69) is 49.3 Å². The number of nitrogens with one attached hydrogen (secondary N) is 1. The van der Waals surface area contributed by atoms with Crippen LogP contribution in [0.4, 0.5) is 0 Å². The van der Waals surface area contributed by atoms with Gasteiger partial charge in [0.2, 0.25) is 0 Å². The van der Waals surface area contributed by atoms with E-state index in [4.69, 9.17) is 4.74 Å². The molecule has 0 amide bonds. The highest BCUT2D eigenvalue weighted by Gasteiger charge is 2.10. The molecule has 1 aromatic rings. The van der Waals surface area contributed by atoms with Gasteiger partial charge in [0, 0.05) is 18.2 Å². The molecule has 1 N–H and O–H groups in total. The third kappa shape index (κ3) is 6.06. The van der Waals surface area contributed by atoms with Crippen molar-refractivity contribution >= 4 is 0 Å². The smallest absolute Gasteiger partial charge is 0.123 e. The topological polar surface area (TPSA) is 24.5 Å². The molecule has 0 radical (unpaired) electrons. The average Bonchev–Trinajstić information content (AvgIpc) is 2.48. The van der Waals surface area contributed by atoms with Gasteiger partial charge < -0.3 is 15.0 Å². The number of ether oxygens (including phenoxy) is 1. The fourth-order valence-corrected chi connectivity index (χ4v) is 2.46. The van der Waals surface area contributed by atoms with Crippen molar-refractivity contribution in [2.24, 2.45) is 0 Å². The minimum atomic E-state index is 0.366. The molecule has 3 nitrogen and oxygen atoms in total. The van der Waals surface area contributed by atoms with Gasteiger partial charge in [0.1, 0.15) is 5.75 Å². The zero-order chi connectivity index (χ0) is 15.7. The lowest BCUT2D eigenvalue weighted by Crippen LogP contribution is -2.20. The van der Waals surface area contributed by atoms with Crippen LogP contribution in [-0.2, 0) is 6.54 Å². The number of nitrogens with zero attached hydrogens (tertiary/aromatic N) is 1. The van der Waals surface area contributed by atoms with Gasteiger partial charge in [0.15, 0.2) is 0 Å². The van der Waals surface area contributed by atoms with Crippen molar-refractivity contribution in [1.82, 2.24) is 10.2 Å². The Labute approximate surface area is 130 Å². The van der Waals surface area contributed by atoms with Gasteiger partial charge in [-0.15, -0.1) is 0 Å². The molecule has 0 aliphatic carbocycles. The molecular weight excluding hydrogens is 260 g/mol. The summed E-state index contributed by atoms with van der Waals surface area (Å²) >= 11 is 0. The molecule has 3 heteroatoms. The first-order chi connectivity index (χ1) is 10.1. The fourth-order valence-electron chi connectivity index (χ4n) is 2.46. The Hall–Kier alpha value is -1.06. The lowest BCUT2D eigenvalue weighted by molar-refractivity contribution is 0.298. The summed E-state index contributed by atoms with van der Waals surface area (Å²) < 4.78 is 5.78. The number of benzene rings is 1. The fraction of sp³-hybridized carbons (Fsp3) is 0.667. The maximum atomic E-state index is 5.78. The van der Waals surface area contributed by atoms with E-state index in [0.717, 1.165) is 18.8 Å². The standard InChI is InChI=1S/C18H32N2O/c1-6-8-9-12-20(5)14-17-13-16(15(3)19-4)10-11-18(17)21-7-2/h10-11,13,15,19H,6-9,12,14H2,1-5H3. The van der Waals surface area contributed by atoms with Crippen molar-refractivity contribution in [2.75, 3.05) is 27.2 Å². The Morgan fingerprint density at radius 1 is 1.24 bits per heavy atom. The third-order valence-electron chi connectivity index (χ3n) is 3.90. The normalized spacial score (nSPS) is 12.7. The van der Waals surface area contributed by atoms with E-state index in [9.17, 15) is 0 Å². The molecule has 1 unspecified atom stereocenters. The van der Waals surface area contributed by atoms with Gasteiger partial charge in [0.05, 0.1) is 6.61 Å². The third-order valence-corrected chi connectivity index (χ3v) is 3.90. The number of hydrogen-bond acceptors (Lipinski definition) is 3. The first-order valence-corrected chi connectivity index (χ1v) is 8.23. The highest BCUT2D eigenvalue weighted by atomic mass is 16.5. The molecule has 0 aliphatic rings. The molecule has 1 aromatic carbocycles. The summed E-state index contributed by atoms with van der Waals surface area (Å²) in [6, 6.07) is 6.92. The van der Waals surface area contributed by atoms with Gasteiger partial charge in [-0.05, 0) is 58.6 Å². The lowest BCUT2D eigenvalue weighted by Gasteiger charge is -2.21. The molecule has 1 rings (SSSR count). The van der Waals surface area contributed by atoms with Crippen molar-refractivity contribution < 1.29 is 4.74 Å². The van der Waals surface area contributed by atoms with Crippen molar-refractivity contribution in [3.8, 4) is 5.75 Å². The van der Waals surface area contributed by atoms with E-state index < -0.39 is 0 Å². The Morgan fingerprint density at radius 3 is 2.62 bits per heavy atom. The Kier molecular flexibility index (Phi) is 8.40. The molecular formula is C18H32N2O. The maximum Gasteiger partial charge on any atom is 0.123 e. The number of unbranched alkanes of at least 4 members (excludes halogenated alkanes) is 2. The summed E-state index contributed by atoms with van der Waals surface area (Å²) in [6.07, 6.45) is 3.84. The van der Waals surface area contributed by atoms with Crippen LogP contribution in [0.5, 0.6) is 5.75 Å². The summed E-state index contributed by atoms with van der Waals surface area (Å²) in [4.78, 5) is 2.39. The summed E-state index contributed by atoms with van der Waals surface area (Å²) in [6.45, 7) is 9.28. The van der Waals surface area contributed by atoms with Gasteiger partial charge >= 0.3 is 0 Å². The van der Waals surface area contributed by atoms with E-state index in [1.165, 1.54) is 30.4 Å². The number of rotatable bonds is 10. The van der Waals surface area contributed by atoms with Crippen LogP contribution in [0.25, 0.3) is 0 Å². The van der Waals surface area contributed by atoms with Crippen molar-refractivity contribution in [3.63, 3.8) is 0 Å². The quantitative estimate of drug-likeness (QED) is 0.660. The van der Waals surface area contributed by atoms with Crippen molar-refractivity contribution in [1.29, 1.82) is 0 Å². The predicted octanol–water partition coefficient (Wildman–Crippen LogP) is 3.99. The molecule has 0 aromatic heterocycles. The maximum absolute atomic E-state index is 5.78. The SMILES string of the molecule is CCCCCN(C)Cc1cc(C(C)NC)ccc1OCC. The first kappa shape index (κ1) is 18.0. The van der Waals surface area contributed by atoms with Crippen LogP contribution in [0.2, 0.25) is 0 Å². The molecule has 120 valence electrons. The van der Waals surface area contributed by atoms with Crippen molar-refractivity contribution in [2.45, 2.75) is 52.6 Å². The zero-order valence-electron chi connectivity index (χ0n) is 14.4. The second-order valence-electron chi connectivity index (χ2n) is 5.76. The monoisotopic (exact) mass is 292 g/mol. The first-order valence-electron chi connectivity index (χ1n) is 8.23. The highest BCUT2D eigenvalue weighted by molar-refractivity contribution is 5.38. The zero-order valence-corrected chi connectivity index (χ0v) is 14.4. The molecule has 21 heavy (non-hydrogen) atoms. The Morgan fingerprint density at radius 2 is 2.00 bits per heavy atom. The minimum Gasteiger partial charge on any atom is -0.494 e. The molecule has 0 aliphatic heterocycles. The molecule has 0 saturated heterocycles. The second-order valence-corrected chi connectivity index (χ2v) is 5.76. The minimum absolute atomic E-state index is 0.366. The Balaban J connectivity index is 2.79. The highest BCUT2D eigenvalue weighted by Crippen LogP contribution is 2.25. The average molecular weight is 292 g/mol. The van der Waals surface area contributed by atoms with Crippen LogP contribution >= 0.6 is 0 Å². The summed E-state index contributed by atoms with van der Waals surface area (Å²) in [5.41, 5.74) is 2.60. The van der Waals surface area contributed by atoms with Crippen LogP contribution < -0.4 is 10.1 Å². The van der Waals surface area contributed by atoms with Crippen LogP contribution in [-0.4, -0.2) is 32.1 Å². The largest absolute Gasteiger partial charge is 0.494 e. The molecule has 1 atom stereocenters. The van der Waals surface area contributed by atoms with E-state index in [0.29, 0.717) is 12.6 Å². The van der Waals surface area contributed by atoms with Gasteiger partial charge in [-0.3, -0.25) is 0 Å². The van der Waals surface area contributed by atoms with Gasteiger partial charge in [-0.1, -0.05) is 25.8 Å². The van der Waals surface area contributed by atoms with Gasteiger partial charge in [-0.2, -0.15) is 0 Å². The van der Waals surface area contributed by atoms with Crippen LogP contribution in [0.3, 0.4) is 0 Å². The summed E-state index contributed by atoms with van der Waals surface area (Å²) in [7, 11) is 4.19. The lowest BCUT2D eigenvalue weighted by atomic mass is 10.0.